The largest absolute Gasteiger partial charge is 0.196 e. The van der Waals surface area contributed by atoms with Crippen LogP contribution in [0.4, 0.5) is 0 Å². The Labute approximate surface area is 93.3 Å². The normalized spacial score (nSPS) is 13.3. The van der Waals surface area contributed by atoms with E-state index in [4.69, 9.17) is 11.6 Å². The summed E-state index contributed by atoms with van der Waals surface area (Å²) >= 11 is 5.84. The second kappa shape index (κ2) is 4.14. The number of hydrogen-bond acceptors (Lipinski definition) is 3. The Bertz CT molecular complexity index is 465. The Morgan fingerprint density at radius 3 is 2.93 bits per heavy atom. The van der Waals surface area contributed by atoms with E-state index in [2.05, 4.69) is 29.1 Å². The highest BCUT2D eigenvalue weighted by Crippen LogP contribution is 2.19. The zero-order valence-electron chi connectivity index (χ0n) is 8.81. The van der Waals surface area contributed by atoms with Gasteiger partial charge in [-0.05, 0) is 18.6 Å². The van der Waals surface area contributed by atoms with Gasteiger partial charge in [0.25, 0.3) is 0 Å². The third kappa shape index (κ3) is 1.95. The van der Waals surface area contributed by atoms with Crippen molar-refractivity contribution in [3.63, 3.8) is 0 Å². The van der Waals surface area contributed by atoms with Crippen LogP contribution in [0.1, 0.15) is 38.4 Å². The molecule has 4 nitrogen and oxygen atoms in total. The van der Waals surface area contributed by atoms with Gasteiger partial charge in [-0.25, -0.2) is 0 Å². The van der Waals surface area contributed by atoms with E-state index in [1.54, 1.807) is 10.6 Å². The topological polar surface area (TPSA) is 43.1 Å². The first-order chi connectivity index (χ1) is 7.22. The van der Waals surface area contributed by atoms with Gasteiger partial charge in [0.2, 0.25) is 0 Å². The van der Waals surface area contributed by atoms with Gasteiger partial charge in [-0.15, -0.1) is 10.2 Å². The lowest BCUT2D eigenvalue weighted by molar-refractivity contribution is 0.606. The maximum absolute atomic E-state index is 5.84. The Kier molecular flexibility index (Phi) is 2.86. The Balaban J connectivity index is 2.47. The van der Waals surface area contributed by atoms with Crippen molar-refractivity contribution in [1.29, 1.82) is 0 Å². The summed E-state index contributed by atoms with van der Waals surface area (Å²) in [5.74, 6) is 1.24. The molecular formula is C10H13ClN4. The van der Waals surface area contributed by atoms with Gasteiger partial charge in [0.1, 0.15) is 5.15 Å². The first-order valence-electron chi connectivity index (χ1n) is 5.10. The quantitative estimate of drug-likeness (QED) is 0.805. The van der Waals surface area contributed by atoms with Crippen LogP contribution in [0.3, 0.4) is 0 Å². The van der Waals surface area contributed by atoms with Gasteiger partial charge in [-0.1, -0.05) is 31.9 Å². The first-order valence-corrected chi connectivity index (χ1v) is 5.48. The molecule has 1 unspecified atom stereocenters. The third-order valence-electron chi connectivity index (χ3n) is 2.42. The molecule has 0 aliphatic carbocycles. The molecule has 0 N–H and O–H groups in total. The standard InChI is InChI=1S/C10H13ClN4/c1-3-4-7(2)10-13-12-9-6-5-8(11)14-15(9)10/h5-7H,3-4H2,1-2H3. The predicted octanol–water partition coefficient (Wildman–Crippen LogP) is 2.68. The van der Waals surface area contributed by atoms with Crippen LogP contribution >= 0.6 is 11.6 Å². The molecule has 0 saturated heterocycles. The average Bonchev–Trinajstić information content (AvgIpc) is 2.60. The minimum absolute atomic E-state index is 0.357. The molecule has 0 aliphatic rings. The molecule has 2 aromatic heterocycles. The van der Waals surface area contributed by atoms with Gasteiger partial charge in [0, 0.05) is 5.92 Å². The maximum atomic E-state index is 5.84. The third-order valence-corrected chi connectivity index (χ3v) is 2.62. The highest BCUT2D eigenvalue weighted by molar-refractivity contribution is 6.29. The zero-order valence-corrected chi connectivity index (χ0v) is 9.57. The van der Waals surface area contributed by atoms with Crippen LogP contribution in [0.2, 0.25) is 5.15 Å². The fraction of sp³-hybridized carbons (Fsp3) is 0.500. The van der Waals surface area contributed by atoms with Gasteiger partial charge in [0.05, 0.1) is 0 Å². The number of hydrogen-bond donors (Lipinski definition) is 0. The molecule has 80 valence electrons. The minimum Gasteiger partial charge on any atom is -0.196 e. The molecule has 0 amide bonds. The molecule has 0 spiro atoms. The molecule has 2 rings (SSSR count). The van der Waals surface area contributed by atoms with Gasteiger partial charge in [0.15, 0.2) is 11.5 Å². The van der Waals surface area contributed by atoms with Crippen LogP contribution in [0.15, 0.2) is 12.1 Å². The van der Waals surface area contributed by atoms with E-state index in [-0.39, 0.29) is 0 Å². The van der Waals surface area contributed by atoms with E-state index in [1.807, 2.05) is 6.07 Å². The van der Waals surface area contributed by atoms with Crippen molar-refractivity contribution in [2.75, 3.05) is 0 Å². The van der Waals surface area contributed by atoms with E-state index in [9.17, 15) is 0 Å². The van der Waals surface area contributed by atoms with Crippen LogP contribution in [-0.4, -0.2) is 19.8 Å². The second-order valence-electron chi connectivity index (χ2n) is 3.67. The number of halogens is 1. The molecule has 0 aliphatic heterocycles. The fourth-order valence-corrected chi connectivity index (χ4v) is 1.79. The highest BCUT2D eigenvalue weighted by atomic mass is 35.5. The van der Waals surface area contributed by atoms with E-state index in [1.165, 1.54) is 0 Å². The lowest BCUT2D eigenvalue weighted by Gasteiger charge is -2.06. The number of fused-ring (bicyclic) bond motifs is 1. The van der Waals surface area contributed by atoms with E-state index in [0.717, 1.165) is 24.3 Å². The molecule has 5 heteroatoms. The first kappa shape index (κ1) is 10.4. The summed E-state index contributed by atoms with van der Waals surface area (Å²) in [6.07, 6.45) is 2.20. The maximum Gasteiger partial charge on any atom is 0.178 e. The van der Waals surface area contributed by atoms with Crippen molar-refractivity contribution in [2.24, 2.45) is 0 Å². The average molecular weight is 225 g/mol. The molecule has 15 heavy (non-hydrogen) atoms. The molecule has 0 radical (unpaired) electrons. The summed E-state index contributed by atoms with van der Waals surface area (Å²) in [5, 5.41) is 12.9. The number of aromatic nitrogens is 4. The Morgan fingerprint density at radius 1 is 1.40 bits per heavy atom. The molecule has 1 atom stereocenters. The van der Waals surface area contributed by atoms with Crippen LogP contribution < -0.4 is 0 Å². The summed E-state index contributed by atoms with van der Waals surface area (Å²) in [7, 11) is 0. The number of rotatable bonds is 3. The molecule has 0 bridgehead atoms. The van der Waals surface area contributed by atoms with Crippen molar-refractivity contribution in [3.8, 4) is 0 Å². The van der Waals surface area contributed by atoms with Crippen LogP contribution in [0.5, 0.6) is 0 Å². The fourth-order valence-electron chi connectivity index (χ4n) is 1.65. The van der Waals surface area contributed by atoms with Gasteiger partial charge >= 0.3 is 0 Å². The summed E-state index contributed by atoms with van der Waals surface area (Å²) < 4.78 is 1.72. The van der Waals surface area contributed by atoms with Gasteiger partial charge < -0.3 is 0 Å². The zero-order chi connectivity index (χ0) is 10.8. The van der Waals surface area contributed by atoms with Crippen molar-refractivity contribution >= 4 is 17.2 Å². The summed E-state index contributed by atoms with van der Waals surface area (Å²) in [6, 6.07) is 3.55. The summed E-state index contributed by atoms with van der Waals surface area (Å²) in [5.41, 5.74) is 0.748. The van der Waals surface area contributed by atoms with E-state index in [0.29, 0.717) is 11.1 Å². The molecule has 0 fully saturated rings. The van der Waals surface area contributed by atoms with Crippen molar-refractivity contribution < 1.29 is 0 Å². The Hall–Kier alpha value is -1.16. The molecule has 0 saturated carbocycles. The molecule has 2 heterocycles. The van der Waals surface area contributed by atoms with Crippen molar-refractivity contribution in [3.05, 3.63) is 23.1 Å². The lowest BCUT2D eigenvalue weighted by atomic mass is 10.1. The van der Waals surface area contributed by atoms with Crippen LogP contribution in [-0.2, 0) is 0 Å². The summed E-state index contributed by atoms with van der Waals surface area (Å²) in [4.78, 5) is 0. The monoisotopic (exact) mass is 224 g/mol. The van der Waals surface area contributed by atoms with Crippen LogP contribution in [0, 0.1) is 0 Å². The Morgan fingerprint density at radius 2 is 2.20 bits per heavy atom. The SMILES string of the molecule is CCCC(C)c1nnc2ccc(Cl)nn12. The van der Waals surface area contributed by atoms with Gasteiger partial charge in [-0.2, -0.15) is 9.61 Å². The molecular weight excluding hydrogens is 212 g/mol. The van der Waals surface area contributed by atoms with Crippen molar-refractivity contribution in [1.82, 2.24) is 19.8 Å². The highest BCUT2D eigenvalue weighted by Gasteiger charge is 2.13. The molecule has 2 aromatic rings. The molecule has 0 aromatic carbocycles. The minimum atomic E-state index is 0.357. The predicted molar refractivity (Wildman–Crippen MR) is 59.1 cm³/mol. The van der Waals surface area contributed by atoms with E-state index < -0.39 is 0 Å². The van der Waals surface area contributed by atoms with Crippen molar-refractivity contribution in [2.45, 2.75) is 32.6 Å². The number of nitrogens with zero attached hydrogens (tertiary/aromatic N) is 4. The smallest absolute Gasteiger partial charge is 0.178 e. The lowest BCUT2D eigenvalue weighted by Crippen LogP contribution is -2.03. The van der Waals surface area contributed by atoms with Crippen LogP contribution in [0.25, 0.3) is 5.65 Å². The second-order valence-corrected chi connectivity index (χ2v) is 4.06. The van der Waals surface area contributed by atoms with Gasteiger partial charge in [-0.3, -0.25) is 0 Å². The van der Waals surface area contributed by atoms with E-state index >= 15 is 0 Å². The summed E-state index contributed by atoms with van der Waals surface area (Å²) in [6.45, 7) is 4.28.